The molecule has 0 bridgehead atoms. The molecule has 0 amide bonds. The summed E-state index contributed by atoms with van der Waals surface area (Å²) in [6, 6.07) is 7.87. The number of halogens is 1. The van der Waals surface area contributed by atoms with E-state index in [0.717, 1.165) is 24.0 Å². The molecule has 3 heteroatoms. The molecule has 2 nitrogen and oxygen atoms in total. The highest BCUT2D eigenvalue weighted by atomic mass is 79.9. The highest BCUT2D eigenvalue weighted by Crippen LogP contribution is 2.27. The average molecular weight is 267 g/mol. The molecule has 0 spiro atoms. The molecule has 0 N–H and O–H groups in total. The van der Waals surface area contributed by atoms with E-state index in [0.29, 0.717) is 5.56 Å². The Morgan fingerprint density at radius 2 is 2.13 bits per heavy atom. The predicted octanol–water partition coefficient (Wildman–Crippen LogP) is 3.56. The van der Waals surface area contributed by atoms with Gasteiger partial charge in [0.2, 0.25) is 0 Å². The summed E-state index contributed by atoms with van der Waals surface area (Å²) >= 11 is 3.51. The Hall–Kier alpha value is -1.01. The predicted molar refractivity (Wildman–Crippen MR) is 67.0 cm³/mol. The second-order valence-electron chi connectivity index (χ2n) is 3.36. The van der Waals surface area contributed by atoms with Gasteiger partial charge in [-0.2, -0.15) is 5.26 Å². The zero-order chi connectivity index (χ0) is 11.3. The van der Waals surface area contributed by atoms with E-state index in [1.54, 1.807) is 0 Å². The van der Waals surface area contributed by atoms with Crippen LogP contribution in [-0.4, -0.2) is 13.1 Å². The summed E-state index contributed by atoms with van der Waals surface area (Å²) < 4.78 is 0.997. The summed E-state index contributed by atoms with van der Waals surface area (Å²) in [5.74, 6) is 0. The molecule has 1 rings (SSSR count). The molecule has 0 aromatic heterocycles. The van der Waals surface area contributed by atoms with Crippen LogP contribution in [0.3, 0.4) is 0 Å². The lowest BCUT2D eigenvalue weighted by Crippen LogP contribution is -2.23. The van der Waals surface area contributed by atoms with Crippen LogP contribution >= 0.6 is 15.9 Å². The maximum Gasteiger partial charge on any atom is 0.0992 e. The van der Waals surface area contributed by atoms with Gasteiger partial charge in [0, 0.05) is 17.6 Å². The lowest BCUT2D eigenvalue weighted by atomic mass is 10.2. The molecule has 1 aromatic rings. The third kappa shape index (κ3) is 2.97. The van der Waals surface area contributed by atoms with Crippen molar-refractivity contribution in [1.29, 1.82) is 5.26 Å². The third-order valence-electron chi connectivity index (χ3n) is 2.29. The molecule has 0 aliphatic heterocycles. The Labute approximate surface area is 99.6 Å². The Morgan fingerprint density at radius 1 is 1.40 bits per heavy atom. The zero-order valence-corrected chi connectivity index (χ0v) is 10.7. The summed E-state index contributed by atoms with van der Waals surface area (Å²) in [6.45, 7) is 6.33. The molecular weight excluding hydrogens is 252 g/mol. The molecule has 0 atom stereocenters. The standard InChI is InChI=1S/C12H15BrN2/c1-3-7-15(4-2)12-6-5-10(9-14)8-11(12)13/h5-6,8H,3-4,7H2,1-2H3. The van der Waals surface area contributed by atoms with Gasteiger partial charge in [-0.05, 0) is 47.5 Å². The minimum absolute atomic E-state index is 0.693. The van der Waals surface area contributed by atoms with Crippen LogP contribution in [0, 0.1) is 11.3 Å². The number of nitriles is 1. The number of rotatable bonds is 4. The molecule has 0 saturated heterocycles. The monoisotopic (exact) mass is 266 g/mol. The van der Waals surface area contributed by atoms with Crippen LogP contribution in [0.2, 0.25) is 0 Å². The number of nitrogens with zero attached hydrogens (tertiary/aromatic N) is 2. The van der Waals surface area contributed by atoms with Crippen molar-refractivity contribution in [1.82, 2.24) is 0 Å². The first kappa shape index (κ1) is 12.1. The van der Waals surface area contributed by atoms with Gasteiger partial charge < -0.3 is 4.90 Å². The second kappa shape index (κ2) is 5.77. The number of hydrogen-bond acceptors (Lipinski definition) is 2. The van der Waals surface area contributed by atoms with Gasteiger partial charge >= 0.3 is 0 Å². The van der Waals surface area contributed by atoms with Gasteiger partial charge in [-0.15, -0.1) is 0 Å². The van der Waals surface area contributed by atoms with E-state index in [-0.39, 0.29) is 0 Å². The van der Waals surface area contributed by atoms with Crippen LogP contribution < -0.4 is 4.90 Å². The van der Waals surface area contributed by atoms with Crippen molar-refractivity contribution < 1.29 is 0 Å². The molecule has 0 saturated carbocycles. The first-order chi connectivity index (χ1) is 7.22. The minimum Gasteiger partial charge on any atom is -0.371 e. The van der Waals surface area contributed by atoms with Gasteiger partial charge in [-0.1, -0.05) is 6.92 Å². The first-order valence-electron chi connectivity index (χ1n) is 5.17. The van der Waals surface area contributed by atoms with E-state index in [1.807, 2.05) is 18.2 Å². The summed E-state index contributed by atoms with van der Waals surface area (Å²) in [5, 5.41) is 8.77. The van der Waals surface area contributed by atoms with Crippen molar-refractivity contribution in [3.63, 3.8) is 0 Å². The number of anilines is 1. The topological polar surface area (TPSA) is 27.0 Å². The number of benzene rings is 1. The van der Waals surface area contributed by atoms with Crippen molar-refractivity contribution >= 4 is 21.6 Å². The first-order valence-corrected chi connectivity index (χ1v) is 5.96. The highest BCUT2D eigenvalue weighted by Gasteiger charge is 2.07. The number of hydrogen-bond donors (Lipinski definition) is 0. The summed E-state index contributed by atoms with van der Waals surface area (Å²) in [4.78, 5) is 2.30. The molecule has 0 unspecified atom stereocenters. The Bertz CT molecular complexity index is 368. The quantitative estimate of drug-likeness (QED) is 0.834. The van der Waals surface area contributed by atoms with Crippen LogP contribution in [0.15, 0.2) is 22.7 Å². The molecule has 0 heterocycles. The van der Waals surface area contributed by atoms with Gasteiger partial charge in [0.25, 0.3) is 0 Å². The van der Waals surface area contributed by atoms with Crippen molar-refractivity contribution in [2.75, 3.05) is 18.0 Å². The highest BCUT2D eigenvalue weighted by molar-refractivity contribution is 9.10. The van der Waals surface area contributed by atoms with Crippen LogP contribution in [0.25, 0.3) is 0 Å². The van der Waals surface area contributed by atoms with Gasteiger partial charge in [-0.3, -0.25) is 0 Å². The molecule has 0 aliphatic rings. The van der Waals surface area contributed by atoms with E-state index in [9.17, 15) is 0 Å². The fourth-order valence-electron chi connectivity index (χ4n) is 1.55. The lowest BCUT2D eigenvalue weighted by molar-refractivity contribution is 0.790. The van der Waals surface area contributed by atoms with Crippen molar-refractivity contribution in [2.45, 2.75) is 20.3 Å². The Kier molecular flexibility index (Phi) is 4.64. The van der Waals surface area contributed by atoms with E-state index < -0.39 is 0 Å². The maximum atomic E-state index is 8.77. The van der Waals surface area contributed by atoms with Crippen LogP contribution in [0.4, 0.5) is 5.69 Å². The van der Waals surface area contributed by atoms with Gasteiger partial charge in [0.05, 0.1) is 17.3 Å². The van der Waals surface area contributed by atoms with Crippen LogP contribution in [0.1, 0.15) is 25.8 Å². The average Bonchev–Trinajstić information content (AvgIpc) is 2.26. The molecule has 80 valence electrons. The third-order valence-corrected chi connectivity index (χ3v) is 2.93. The van der Waals surface area contributed by atoms with E-state index in [4.69, 9.17) is 5.26 Å². The van der Waals surface area contributed by atoms with Crippen molar-refractivity contribution in [2.24, 2.45) is 0 Å². The summed E-state index contributed by atoms with van der Waals surface area (Å²) in [7, 11) is 0. The van der Waals surface area contributed by atoms with Crippen molar-refractivity contribution in [3.05, 3.63) is 28.2 Å². The van der Waals surface area contributed by atoms with Crippen molar-refractivity contribution in [3.8, 4) is 6.07 Å². The SMILES string of the molecule is CCCN(CC)c1ccc(C#N)cc1Br. The molecule has 0 fully saturated rings. The van der Waals surface area contributed by atoms with Gasteiger partial charge in [0.1, 0.15) is 0 Å². The molecule has 15 heavy (non-hydrogen) atoms. The van der Waals surface area contributed by atoms with E-state index in [2.05, 4.69) is 40.7 Å². The van der Waals surface area contributed by atoms with E-state index >= 15 is 0 Å². The summed E-state index contributed by atoms with van der Waals surface area (Å²) in [6.07, 6.45) is 1.13. The van der Waals surface area contributed by atoms with Gasteiger partial charge in [-0.25, -0.2) is 0 Å². The summed E-state index contributed by atoms with van der Waals surface area (Å²) in [5.41, 5.74) is 1.86. The smallest absolute Gasteiger partial charge is 0.0992 e. The van der Waals surface area contributed by atoms with E-state index in [1.165, 1.54) is 5.69 Å². The maximum absolute atomic E-state index is 8.77. The largest absolute Gasteiger partial charge is 0.371 e. The fourth-order valence-corrected chi connectivity index (χ4v) is 2.18. The Morgan fingerprint density at radius 3 is 2.60 bits per heavy atom. The zero-order valence-electron chi connectivity index (χ0n) is 9.13. The normalized spacial score (nSPS) is 9.73. The Balaban J connectivity index is 2.98. The molecule has 0 radical (unpaired) electrons. The lowest BCUT2D eigenvalue weighted by Gasteiger charge is -2.23. The molecular formula is C12H15BrN2. The van der Waals surface area contributed by atoms with Crippen LogP contribution in [0.5, 0.6) is 0 Å². The van der Waals surface area contributed by atoms with Crippen LogP contribution in [-0.2, 0) is 0 Å². The fraction of sp³-hybridized carbons (Fsp3) is 0.417. The van der Waals surface area contributed by atoms with Gasteiger partial charge in [0.15, 0.2) is 0 Å². The molecule has 1 aromatic carbocycles. The minimum atomic E-state index is 0.693. The second-order valence-corrected chi connectivity index (χ2v) is 4.21. The molecule has 0 aliphatic carbocycles.